The summed E-state index contributed by atoms with van der Waals surface area (Å²) < 4.78 is 12.7. The molecule has 0 unspecified atom stereocenters. The lowest BCUT2D eigenvalue weighted by atomic mass is 9.96. The molecule has 0 aliphatic carbocycles. The van der Waals surface area contributed by atoms with Crippen LogP contribution in [0.5, 0.6) is 11.5 Å². The molecule has 27 heavy (non-hydrogen) atoms. The summed E-state index contributed by atoms with van der Waals surface area (Å²) in [5, 5.41) is 12.5. The van der Waals surface area contributed by atoms with E-state index in [9.17, 15) is 4.79 Å². The number of thioether (sulfide) groups is 1. The first kappa shape index (κ1) is 18.1. The number of carbonyl (C=O) groups excluding carboxylic acids is 1. The fourth-order valence-electron chi connectivity index (χ4n) is 3.59. The number of ether oxygens (including phenoxy) is 2. The first-order chi connectivity index (χ1) is 13.1. The second kappa shape index (κ2) is 7.77. The normalized spacial score (nSPS) is 17.3. The van der Waals surface area contributed by atoms with E-state index in [1.807, 2.05) is 25.4 Å². The summed E-state index contributed by atoms with van der Waals surface area (Å²) in [5.41, 5.74) is 0.725. The molecule has 1 N–H and O–H groups in total. The molecule has 4 rings (SSSR count). The molecule has 2 aliphatic rings. The van der Waals surface area contributed by atoms with Crippen LogP contribution in [0.4, 0.5) is 5.69 Å². The third-order valence-corrected chi connectivity index (χ3v) is 5.75. The molecule has 0 radical (unpaired) electrons. The SMILES string of the molecule is CSc1nnc(C2CCN(CC(=O)Nc3ccc4c(c3)OCO4)CC2)n1C. The van der Waals surface area contributed by atoms with Crippen molar-refractivity contribution in [3.8, 4) is 11.5 Å². The topological polar surface area (TPSA) is 81.5 Å². The zero-order valence-electron chi connectivity index (χ0n) is 15.5. The van der Waals surface area contributed by atoms with Gasteiger partial charge in [0.15, 0.2) is 16.7 Å². The van der Waals surface area contributed by atoms with Crippen LogP contribution < -0.4 is 14.8 Å². The molecular weight excluding hydrogens is 366 g/mol. The Kier molecular flexibility index (Phi) is 5.22. The summed E-state index contributed by atoms with van der Waals surface area (Å²) in [6.45, 7) is 2.36. The Hall–Kier alpha value is -2.26. The minimum Gasteiger partial charge on any atom is -0.454 e. The summed E-state index contributed by atoms with van der Waals surface area (Å²) in [7, 11) is 2.02. The van der Waals surface area contributed by atoms with E-state index < -0.39 is 0 Å². The molecule has 1 amide bonds. The van der Waals surface area contributed by atoms with Gasteiger partial charge in [0.05, 0.1) is 6.54 Å². The fraction of sp³-hybridized carbons (Fsp3) is 0.500. The second-order valence-electron chi connectivity index (χ2n) is 6.77. The molecule has 2 aromatic rings. The summed E-state index contributed by atoms with van der Waals surface area (Å²) in [5.74, 6) is 2.81. The van der Waals surface area contributed by atoms with Crippen LogP contribution in [0.2, 0.25) is 0 Å². The molecule has 3 heterocycles. The molecule has 0 spiro atoms. The highest BCUT2D eigenvalue weighted by Gasteiger charge is 2.26. The average Bonchev–Trinajstić information content (AvgIpc) is 3.28. The quantitative estimate of drug-likeness (QED) is 0.784. The Labute approximate surface area is 162 Å². The third-order valence-electron chi connectivity index (χ3n) is 5.03. The number of benzene rings is 1. The summed E-state index contributed by atoms with van der Waals surface area (Å²) >= 11 is 1.61. The van der Waals surface area contributed by atoms with Gasteiger partial charge in [0.2, 0.25) is 12.7 Å². The van der Waals surface area contributed by atoms with E-state index in [-0.39, 0.29) is 12.7 Å². The lowest BCUT2D eigenvalue weighted by molar-refractivity contribution is -0.117. The maximum atomic E-state index is 12.4. The van der Waals surface area contributed by atoms with E-state index in [2.05, 4.69) is 25.0 Å². The largest absolute Gasteiger partial charge is 0.454 e. The number of hydrogen-bond acceptors (Lipinski definition) is 7. The number of nitrogens with zero attached hydrogens (tertiary/aromatic N) is 4. The first-order valence-corrected chi connectivity index (χ1v) is 10.2. The first-order valence-electron chi connectivity index (χ1n) is 8.99. The lowest BCUT2D eigenvalue weighted by Crippen LogP contribution is -2.39. The smallest absolute Gasteiger partial charge is 0.238 e. The fourth-order valence-corrected chi connectivity index (χ4v) is 4.08. The van der Waals surface area contributed by atoms with Gasteiger partial charge in [-0.25, -0.2) is 0 Å². The zero-order valence-corrected chi connectivity index (χ0v) is 16.3. The van der Waals surface area contributed by atoms with Crippen molar-refractivity contribution in [1.82, 2.24) is 19.7 Å². The minimum atomic E-state index is -0.0179. The summed E-state index contributed by atoms with van der Waals surface area (Å²) in [6, 6.07) is 5.44. The van der Waals surface area contributed by atoms with Crippen molar-refractivity contribution in [2.45, 2.75) is 23.9 Å². The molecule has 144 valence electrons. The molecule has 0 saturated carbocycles. The van der Waals surface area contributed by atoms with Crippen LogP contribution in [0.25, 0.3) is 0 Å². The van der Waals surface area contributed by atoms with E-state index in [0.29, 0.717) is 24.0 Å². The van der Waals surface area contributed by atoms with Crippen LogP contribution in [-0.2, 0) is 11.8 Å². The Balaban J connectivity index is 1.28. The molecule has 0 atom stereocenters. The van der Waals surface area contributed by atoms with Gasteiger partial charge in [-0.1, -0.05) is 11.8 Å². The molecular formula is C18H23N5O3S. The van der Waals surface area contributed by atoms with Crippen LogP contribution in [0.1, 0.15) is 24.6 Å². The van der Waals surface area contributed by atoms with Gasteiger partial charge in [0.25, 0.3) is 0 Å². The maximum absolute atomic E-state index is 12.4. The number of anilines is 1. The highest BCUT2D eigenvalue weighted by molar-refractivity contribution is 7.98. The maximum Gasteiger partial charge on any atom is 0.238 e. The molecule has 2 aliphatic heterocycles. The van der Waals surface area contributed by atoms with Crippen LogP contribution in [0.3, 0.4) is 0 Å². The van der Waals surface area contributed by atoms with Crippen LogP contribution >= 0.6 is 11.8 Å². The Morgan fingerprint density at radius 2 is 2.04 bits per heavy atom. The van der Waals surface area contributed by atoms with Crippen LogP contribution in [0.15, 0.2) is 23.4 Å². The van der Waals surface area contributed by atoms with Crippen molar-refractivity contribution in [2.24, 2.45) is 7.05 Å². The average molecular weight is 389 g/mol. The van der Waals surface area contributed by atoms with Crippen LogP contribution in [-0.4, -0.2) is 58.3 Å². The van der Waals surface area contributed by atoms with E-state index >= 15 is 0 Å². The standard InChI is InChI=1S/C18H23N5O3S/c1-22-17(20-21-18(22)27-2)12-5-7-23(8-6-12)10-16(24)19-13-3-4-14-15(9-13)26-11-25-14/h3-4,9,12H,5-8,10-11H2,1-2H3,(H,19,24). The predicted molar refractivity (Wildman–Crippen MR) is 102 cm³/mol. The number of likely N-dealkylation sites (tertiary alicyclic amines) is 1. The van der Waals surface area contributed by atoms with Crippen molar-refractivity contribution in [2.75, 3.05) is 38.0 Å². The molecule has 1 saturated heterocycles. The number of aromatic nitrogens is 3. The zero-order chi connectivity index (χ0) is 18.8. The van der Waals surface area contributed by atoms with E-state index in [0.717, 1.165) is 42.6 Å². The number of nitrogens with one attached hydrogen (secondary N) is 1. The molecule has 8 nitrogen and oxygen atoms in total. The van der Waals surface area contributed by atoms with Gasteiger partial charge in [-0.05, 0) is 44.3 Å². The number of hydrogen-bond donors (Lipinski definition) is 1. The molecule has 1 fully saturated rings. The van der Waals surface area contributed by atoms with Gasteiger partial charge in [0, 0.05) is 24.7 Å². The molecule has 1 aromatic heterocycles. The third kappa shape index (κ3) is 3.89. The molecule has 0 bridgehead atoms. The number of carbonyl (C=O) groups is 1. The van der Waals surface area contributed by atoms with E-state index in [1.165, 1.54) is 0 Å². The number of rotatable bonds is 5. The summed E-state index contributed by atoms with van der Waals surface area (Å²) in [4.78, 5) is 14.6. The minimum absolute atomic E-state index is 0.0179. The van der Waals surface area contributed by atoms with Crippen molar-refractivity contribution in [3.05, 3.63) is 24.0 Å². The van der Waals surface area contributed by atoms with Crippen molar-refractivity contribution in [1.29, 1.82) is 0 Å². The highest BCUT2D eigenvalue weighted by atomic mass is 32.2. The lowest BCUT2D eigenvalue weighted by Gasteiger charge is -2.30. The van der Waals surface area contributed by atoms with Crippen molar-refractivity contribution >= 4 is 23.4 Å². The summed E-state index contributed by atoms with van der Waals surface area (Å²) in [6.07, 6.45) is 3.98. The van der Waals surface area contributed by atoms with Crippen molar-refractivity contribution < 1.29 is 14.3 Å². The van der Waals surface area contributed by atoms with Gasteiger partial charge >= 0.3 is 0 Å². The van der Waals surface area contributed by atoms with Gasteiger partial charge in [-0.3, -0.25) is 9.69 Å². The number of amides is 1. The van der Waals surface area contributed by atoms with Gasteiger partial charge < -0.3 is 19.4 Å². The monoisotopic (exact) mass is 389 g/mol. The highest BCUT2D eigenvalue weighted by Crippen LogP contribution is 2.34. The van der Waals surface area contributed by atoms with E-state index in [1.54, 1.807) is 17.8 Å². The van der Waals surface area contributed by atoms with E-state index in [4.69, 9.17) is 9.47 Å². The van der Waals surface area contributed by atoms with Gasteiger partial charge in [0.1, 0.15) is 5.82 Å². The second-order valence-corrected chi connectivity index (χ2v) is 7.54. The Morgan fingerprint density at radius 3 is 2.78 bits per heavy atom. The Morgan fingerprint density at radius 1 is 1.26 bits per heavy atom. The van der Waals surface area contributed by atoms with Crippen LogP contribution in [0, 0.1) is 0 Å². The Bertz CT molecular complexity index is 832. The van der Waals surface area contributed by atoms with Gasteiger partial charge in [-0.2, -0.15) is 0 Å². The number of fused-ring (bicyclic) bond motifs is 1. The van der Waals surface area contributed by atoms with Crippen molar-refractivity contribution in [3.63, 3.8) is 0 Å². The van der Waals surface area contributed by atoms with Gasteiger partial charge in [-0.15, -0.1) is 10.2 Å². The number of piperidine rings is 1. The molecule has 1 aromatic carbocycles. The molecule has 9 heteroatoms. The predicted octanol–water partition coefficient (Wildman–Crippen LogP) is 2.08.